The molecule has 0 aliphatic rings. The van der Waals surface area contributed by atoms with Gasteiger partial charge in [-0.2, -0.15) is 0 Å². The van der Waals surface area contributed by atoms with Crippen LogP contribution in [-0.4, -0.2) is 11.7 Å². The summed E-state index contributed by atoms with van der Waals surface area (Å²) in [4.78, 5) is 0. The van der Waals surface area contributed by atoms with Crippen molar-refractivity contribution < 1.29 is 9.84 Å². The quantitative estimate of drug-likeness (QED) is 0.871. The highest BCUT2D eigenvalue weighted by atomic mass is 16.5. The van der Waals surface area contributed by atoms with Gasteiger partial charge in [0, 0.05) is 0 Å². The van der Waals surface area contributed by atoms with Gasteiger partial charge in [-0.25, -0.2) is 0 Å². The minimum Gasteiger partial charge on any atom is -0.491 e. The summed E-state index contributed by atoms with van der Waals surface area (Å²) in [5.41, 5.74) is 2.07. The third kappa shape index (κ3) is 3.33. The molecule has 1 atom stereocenters. The number of hydrogen-bond donors (Lipinski definition) is 1. The van der Waals surface area contributed by atoms with E-state index in [1.165, 1.54) is 5.56 Å². The molecule has 0 amide bonds. The minimum absolute atomic E-state index is 0.271. The largest absolute Gasteiger partial charge is 0.491 e. The zero-order valence-electron chi connectivity index (χ0n) is 9.84. The number of hydrogen-bond acceptors (Lipinski definition) is 2. The Hall–Kier alpha value is -1.80. The van der Waals surface area contributed by atoms with Crippen LogP contribution >= 0.6 is 0 Å². The van der Waals surface area contributed by atoms with Crippen molar-refractivity contribution in [1.29, 1.82) is 0 Å². The predicted octanol–water partition coefficient (Wildman–Crippen LogP) is 3.11. The maximum Gasteiger partial charge on any atom is 0.119 e. The Morgan fingerprint density at radius 1 is 1.00 bits per heavy atom. The Morgan fingerprint density at radius 2 is 1.65 bits per heavy atom. The summed E-state index contributed by atoms with van der Waals surface area (Å²) in [5.74, 6) is 0.777. The number of para-hydroxylation sites is 1. The van der Waals surface area contributed by atoms with E-state index < -0.39 is 6.10 Å². The third-order valence-electron chi connectivity index (χ3n) is 2.61. The molecule has 1 N–H and O–H groups in total. The van der Waals surface area contributed by atoms with E-state index in [2.05, 4.69) is 0 Å². The van der Waals surface area contributed by atoms with Gasteiger partial charge in [0.2, 0.25) is 0 Å². The maximum atomic E-state index is 9.95. The van der Waals surface area contributed by atoms with Crippen molar-refractivity contribution in [2.75, 3.05) is 6.61 Å². The van der Waals surface area contributed by atoms with Gasteiger partial charge in [0.15, 0.2) is 0 Å². The van der Waals surface area contributed by atoms with E-state index in [0.717, 1.165) is 11.3 Å². The third-order valence-corrected chi connectivity index (χ3v) is 2.61. The first-order valence-corrected chi connectivity index (χ1v) is 5.68. The minimum atomic E-state index is -0.587. The zero-order chi connectivity index (χ0) is 12.1. The lowest BCUT2D eigenvalue weighted by Gasteiger charge is -2.12. The van der Waals surface area contributed by atoms with Crippen LogP contribution in [0.25, 0.3) is 0 Å². The molecule has 2 nitrogen and oxygen atoms in total. The molecule has 0 fully saturated rings. The molecule has 2 heteroatoms. The standard InChI is InChI=1S/C15H16O2/c1-12-7-9-13(10-8-12)15(16)11-17-14-5-3-2-4-6-14/h2-10,15-16H,11H2,1H3. The van der Waals surface area contributed by atoms with Gasteiger partial charge in [-0.1, -0.05) is 48.0 Å². The molecule has 2 aromatic rings. The molecule has 17 heavy (non-hydrogen) atoms. The van der Waals surface area contributed by atoms with Crippen molar-refractivity contribution >= 4 is 0 Å². The van der Waals surface area contributed by atoms with Gasteiger partial charge in [0.25, 0.3) is 0 Å². The Kier molecular flexibility index (Phi) is 3.78. The monoisotopic (exact) mass is 228 g/mol. The molecule has 0 spiro atoms. The number of benzene rings is 2. The van der Waals surface area contributed by atoms with Gasteiger partial charge in [-0.05, 0) is 24.6 Å². The van der Waals surface area contributed by atoms with Crippen LogP contribution in [0.4, 0.5) is 0 Å². The number of aliphatic hydroxyl groups is 1. The van der Waals surface area contributed by atoms with Crippen molar-refractivity contribution in [2.45, 2.75) is 13.0 Å². The molecule has 0 saturated heterocycles. The molecule has 1 unspecified atom stereocenters. The van der Waals surface area contributed by atoms with Crippen LogP contribution in [0.2, 0.25) is 0 Å². The normalized spacial score (nSPS) is 12.1. The summed E-state index contributed by atoms with van der Waals surface area (Å²) in [7, 11) is 0. The van der Waals surface area contributed by atoms with Crippen LogP contribution in [0.1, 0.15) is 17.2 Å². The lowest BCUT2D eigenvalue weighted by molar-refractivity contribution is 0.108. The predicted molar refractivity (Wildman–Crippen MR) is 68.1 cm³/mol. The molecule has 0 bridgehead atoms. The van der Waals surface area contributed by atoms with E-state index in [1.807, 2.05) is 61.5 Å². The fourth-order valence-electron chi connectivity index (χ4n) is 1.58. The molecule has 0 saturated carbocycles. The van der Waals surface area contributed by atoms with Crippen LogP contribution in [0, 0.1) is 6.92 Å². The highest BCUT2D eigenvalue weighted by Crippen LogP contribution is 2.16. The van der Waals surface area contributed by atoms with E-state index in [0.29, 0.717) is 0 Å². The summed E-state index contributed by atoms with van der Waals surface area (Å²) in [5, 5.41) is 9.95. The average molecular weight is 228 g/mol. The van der Waals surface area contributed by atoms with E-state index >= 15 is 0 Å². The number of ether oxygens (including phenoxy) is 1. The van der Waals surface area contributed by atoms with Crippen LogP contribution in [0.5, 0.6) is 5.75 Å². The van der Waals surface area contributed by atoms with Gasteiger partial charge in [0.1, 0.15) is 18.5 Å². The van der Waals surface area contributed by atoms with E-state index in [9.17, 15) is 5.11 Å². The van der Waals surface area contributed by atoms with Gasteiger partial charge < -0.3 is 9.84 Å². The summed E-state index contributed by atoms with van der Waals surface area (Å²) in [6.07, 6.45) is -0.587. The fourth-order valence-corrected chi connectivity index (χ4v) is 1.58. The summed E-state index contributed by atoms with van der Waals surface area (Å²) in [6.45, 7) is 2.30. The molecule has 2 rings (SSSR count). The van der Waals surface area contributed by atoms with Crippen LogP contribution in [0.3, 0.4) is 0 Å². The van der Waals surface area contributed by atoms with Gasteiger partial charge >= 0.3 is 0 Å². The molecule has 0 aliphatic heterocycles. The molecule has 0 heterocycles. The van der Waals surface area contributed by atoms with Crippen molar-refractivity contribution in [3.63, 3.8) is 0 Å². The lowest BCUT2D eigenvalue weighted by atomic mass is 10.1. The van der Waals surface area contributed by atoms with Crippen LogP contribution in [0.15, 0.2) is 54.6 Å². The lowest BCUT2D eigenvalue weighted by Crippen LogP contribution is -2.09. The molecular weight excluding hydrogens is 212 g/mol. The average Bonchev–Trinajstić information content (AvgIpc) is 2.38. The second-order valence-electron chi connectivity index (χ2n) is 4.05. The summed E-state index contributed by atoms with van der Waals surface area (Å²) in [6, 6.07) is 17.3. The first kappa shape index (κ1) is 11.7. The fraction of sp³-hybridized carbons (Fsp3) is 0.200. The summed E-state index contributed by atoms with van der Waals surface area (Å²) < 4.78 is 5.50. The zero-order valence-corrected chi connectivity index (χ0v) is 9.84. The number of aliphatic hydroxyl groups excluding tert-OH is 1. The topological polar surface area (TPSA) is 29.5 Å². The summed E-state index contributed by atoms with van der Waals surface area (Å²) >= 11 is 0. The molecule has 0 aromatic heterocycles. The van der Waals surface area contributed by atoms with E-state index in [-0.39, 0.29) is 6.61 Å². The Balaban J connectivity index is 1.93. The van der Waals surface area contributed by atoms with Crippen LogP contribution in [-0.2, 0) is 0 Å². The highest BCUT2D eigenvalue weighted by Gasteiger charge is 2.07. The Labute approximate surface area is 101 Å². The first-order chi connectivity index (χ1) is 8.25. The Bertz CT molecular complexity index is 448. The van der Waals surface area contributed by atoms with Crippen LogP contribution < -0.4 is 4.74 Å². The van der Waals surface area contributed by atoms with E-state index in [4.69, 9.17) is 4.74 Å². The maximum absolute atomic E-state index is 9.95. The van der Waals surface area contributed by atoms with Crippen molar-refractivity contribution in [1.82, 2.24) is 0 Å². The van der Waals surface area contributed by atoms with Crippen molar-refractivity contribution in [3.8, 4) is 5.75 Å². The molecule has 88 valence electrons. The smallest absolute Gasteiger partial charge is 0.119 e. The van der Waals surface area contributed by atoms with E-state index in [1.54, 1.807) is 0 Å². The van der Waals surface area contributed by atoms with Crippen molar-refractivity contribution in [3.05, 3.63) is 65.7 Å². The second kappa shape index (κ2) is 5.51. The highest BCUT2D eigenvalue weighted by molar-refractivity contribution is 5.24. The van der Waals surface area contributed by atoms with Gasteiger partial charge in [-0.15, -0.1) is 0 Å². The Morgan fingerprint density at radius 3 is 2.29 bits per heavy atom. The molecular formula is C15H16O2. The van der Waals surface area contributed by atoms with Gasteiger partial charge in [-0.3, -0.25) is 0 Å². The molecule has 2 aromatic carbocycles. The second-order valence-corrected chi connectivity index (χ2v) is 4.05. The molecule has 0 aliphatic carbocycles. The first-order valence-electron chi connectivity index (χ1n) is 5.68. The SMILES string of the molecule is Cc1ccc(C(O)COc2ccccc2)cc1. The number of rotatable bonds is 4. The van der Waals surface area contributed by atoms with Crippen molar-refractivity contribution in [2.24, 2.45) is 0 Å². The van der Waals surface area contributed by atoms with Gasteiger partial charge in [0.05, 0.1) is 0 Å². The number of aryl methyl sites for hydroxylation is 1. The molecule has 0 radical (unpaired) electrons.